The molecule has 0 amide bonds. The number of nitrogens with one attached hydrogen (secondary N) is 1. The van der Waals surface area contributed by atoms with Gasteiger partial charge in [-0.25, -0.2) is 4.39 Å². The molecule has 1 aliphatic carbocycles. The van der Waals surface area contributed by atoms with E-state index in [-0.39, 0.29) is 16.9 Å². The smallest absolute Gasteiger partial charge is 0.141 e. The van der Waals surface area contributed by atoms with E-state index in [1.165, 1.54) is 6.07 Å². The molecule has 2 N–H and O–H groups in total. The Bertz CT molecular complexity index is 352. The van der Waals surface area contributed by atoms with E-state index < -0.39 is 0 Å². The van der Waals surface area contributed by atoms with E-state index in [0.717, 1.165) is 18.4 Å². The summed E-state index contributed by atoms with van der Waals surface area (Å²) in [6, 6.07) is 5.08. The minimum atomic E-state index is -0.389. The van der Waals surface area contributed by atoms with E-state index in [0.29, 0.717) is 12.6 Å². The molecule has 0 bridgehead atoms. The summed E-state index contributed by atoms with van der Waals surface area (Å²) in [6.45, 7) is 0.664. The summed E-state index contributed by atoms with van der Waals surface area (Å²) in [5.41, 5.74) is 0.961. The number of aliphatic hydroxyl groups excluding tert-OH is 1. The van der Waals surface area contributed by atoms with Crippen molar-refractivity contribution in [3.05, 3.63) is 34.6 Å². The van der Waals surface area contributed by atoms with Crippen molar-refractivity contribution in [3.63, 3.8) is 0 Å². The number of benzene rings is 1. The Morgan fingerprint density at radius 2 is 2.20 bits per heavy atom. The van der Waals surface area contributed by atoms with E-state index >= 15 is 0 Å². The van der Waals surface area contributed by atoms with Gasteiger partial charge < -0.3 is 10.4 Å². The molecule has 0 saturated heterocycles. The number of hydrogen-bond acceptors (Lipinski definition) is 2. The third-order valence-electron chi connectivity index (χ3n) is 2.69. The van der Waals surface area contributed by atoms with Crippen molar-refractivity contribution in [2.24, 2.45) is 0 Å². The van der Waals surface area contributed by atoms with E-state index in [9.17, 15) is 4.39 Å². The Morgan fingerprint density at radius 1 is 1.47 bits per heavy atom. The highest BCUT2D eigenvalue weighted by molar-refractivity contribution is 6.30. The average molecular weight is 230 g/mol. The molecule has 15 heavy (non-hydrogen) atoms. The second-order valence-corrected chi connectivity index (χ2v) is 4.36. The van der Waals surface area contributed by atoms with Crippen LogP contribution in [0.4, 0.5) is 4.39 Å². The molecule has 0 aliphatic heterocycles. The second-order valence-electron chi connectivity index (χ2n) is 3.95. The molecule has 1 aromatic carbocycles. The summed E-state index contributed by atoms with van der Waals surface area (Å²) in [5, 5.41) is 12.5. The highest BCUT2D eigenvalue weighted by Gasteiger charge is 2.26. The Balaban J connectivity index is 1.86. The van der Waals surface area contributed by atoms with Crippen LogP contribution >= 0.6 is 11.6 Å². The van der Waals surface area contributed by atoms with Gasteiger partial charge in [-0.2, -0.15) is 0 Å². The molecule has 1 aliphatic rings. The fourth-order valence-corrected chi connectivity index (χ4v) is 1.87. The van der Waals surface area contributed by atoms with E-state index in [1.54, 1.807) is 12.1 Å². The summed E-state index contributed by atoms with van der Waals surface area (Å²) < 4.78 is 12.8. The third-order valence-corrected chi connectivity index (χ3v) is 2.98. The molecular formula is C11H13ClFNO. The van der Waals surface area contributed by atoms with Crippen LogP contribution in [0.3, 0.4) is 0 Å². The maximum absolute atomic E-state index is 12.8. The molecule has 0 heterocycles. The maximum atomic E-state index is 12.8. The number of hydrogen-bond donors (Lipinski definition) is 2. The first-order valence-corrected chi connectivity index (χ1v) is 5.38. The van der Waals surface area contributed by atoms with E-state index in [1.807, 2.05) is 0 Å². The predicted octanol–water partition coefficient (Wildman–Crippen LogP) is 2.09. The van der Waals surface area contributed by atoms with Crippen LogP contribution in [0.5, 0.6) is 0 Å². The Morgan fingerprint density at radius 3 is 2.80 bits per heavy atom. The van der Waals surface area contributed by atoms with Gasteiger partial charge in [-0.15, -0.1) is 0 Å². The van der Waals surface area contributed by atoms with Crippen molar-refractivity contribution in [3.8, 4) is 0 Å². The summed E-state index contributed by atoms with van der Waals surface area (Å²) in [5.74, 6) is -0.389. The fourth-order valence-electron chi connectivity index (χ4n) is 1.67. The lowest BCUT2D eigenvalue weighted by molar-refractivity contribution is 0.0619. The van der Waals surface area contributed by atoms with Crippen molar-refractivity contribution in [1.29, 1.82) is 0 Å². The fraction of sp³-hybridized carbons (Fsp3) is 0.455. The topological polar surface area (TPSA) is 32.3 Å². The maximum Gasteiger partial charge on any atom is 0.141 e. The lowest BCUT2D eigenvalue weighted by Gasteiger charge is -2.32. The molecular weight excluding hydrogens is 217 g/mol. The summed E-state index contributed by atoms with van der Waals surface area (Å²) in [6.07, 6.45) is 1.45. The van der Waals surface area contributed by atoms with Crippen LogP contribution in [0.15, 0.2) is 18.2 Å². The van der Waals surface area contributed by atoms with Gasteiger partial charge in [0.1, 0.15) is 5.82 Å². The van der Waals surface area contributed by atoms with Gasteiger partial charge in [-0.3, -0.25) is 0 Å². The molecule has 1 saturated carbocycles. The Hall–Kier alpha value is -0.640. The molecule has 82 valence electrons. The van der Waals surface area contributed by atoms with Crippen LogP contribution in [-0.4, -0.2) is 17.3 Å². The molecule has 4 heteroatoms. The standard InChI is InChI=1S/C11H13ClFNO/c12-10-3-7(1-2-11(10)13)6-14-8-4-9(15)5-8/h1-3,8-9,14-15H,4-6H2. The van der Waals surface area contributed by atoms with Crippen LogP contribution < -0.4 is 5.32 Å². The molecule has 2 nitrogen and oxygen atoms in total. The van der Waals surface area contributed by atoms with Crippen LogP contribution in [-0.2, 0) is 6.54 Å². The lowest BCUT2D eigenvalue weighted by Crippen LogP contribution is -2.43. The van der Waals surface area contributed by atoms with Gasteiger partial charge in [0.25, 0.3) is 0 Å². The van der Waals surface area contributed by atoms with Gasteiger partial charge >= 0.3 is 0 Å². The number of aliphatic hydroxyl groups is 1. The van der Waals surface area contributed by atoms with Gasteiger partial charge in [0.2, 0.25) is 0 Å². The monoisotopic (exact) mass is 229 g/mol. The summed E-state index contributed by atoms with van der Waals surface area (Å²) in [4.78, 5) is 0. The third kappa shape index (κ3) is 2.68. The minimum absolute atomic E-state index is 0.153. The molecule has 1 fully saturated rings. The quantitative estimate of drug-likeness (QED) is 0.832. The average Bonchev–Trinajstić information content (AvgIpc) is 2.16. The molecule has 0 atom stereocenters. The Kier molecular flexibility index (Phi) is 3.24. The molecule has 0 aromatic heterocycles. The van der Waals surface area contributed by atoms with Crippen molar-refractivity contribution in [1.82, 2.24) is 5.32 Å². The zero-order valence-electron chi connectivity index (χ0n) is 8.21. The minimum Gasteiger partial charge on any atom is -0.393 e. The first-order chi connectivity index (χ1) is 7.15. The van der Waals surface area contributed by atoms with Gasteiger partial charge in [0, 0.05) is 12.6 Å². The van der Waals surface area contributed by atoms with E-state index in [2.05, 4.69) is 5.32 Å². The van der Waals surface area contributed by atoms with Gasteiger partial charge in [-0.05, 0) is 30.5 Å². The first-order valence-electron chi connectivity index (χ1n) is 5.00. The Labute approximate surface area is 93.1 Å². The second kappa shape index (κ2) is 4.47. The summed E-state index contributed by atoms with van der Waals surface area (Å²) >= 11 is 5.66. The highest BCUT2D eigenvalue weighted by atomic mass is 35.5. The van der Waals surface area contributed by atoms with Crippen molar-refractivity contribution < 1.29 is 9.50 Å². The van der Waals surface area contributed by atoms with Crippen molar-refractivity contribution in [2.75, 3.05) is 0 Å². The molecule has 2 rings (SSSR count). The van der Waals surface area contributed by atoms with Gasteiger partial charge in [0.15, 0.2) is 0 Å². The van der Waals surface area contributed by atoms with Crippen molar-refractivity contribution in [2.45, 2.75) is 31.5 Å². The van der Waals surface area contributed by atoms with Crippen LogP contribution in [0.2, 0.25) is 5.02 Å². The zero-order valence-corrected chi connectivity index (χ0v) is 8.97. The van der Waals surface area contributed by atoms with Gasteiger partial charge in [-0.1, -0.05) is 17.7 Å². The summed E-state index contributed by atoms with van der Waals surface area (Å²) in [7, 11) is 0. The van der Waals surface area contributed by atoms with E-state index in [4.69, 9.17) is 16.7 Å². The van der Waals surface area contributed by atoms with Crippen LogP contribution in [0, 0.1) is 5.82 Å². The highest BCUT2D eigenvalue weighted by Crippen LogP contribution is 2.20. The lowest BCUT2D eigenvalue weighted by atomic mass is 9.89. The number of halogens is 2. The van der Waals surface area contributed by atoms with Gasteiger partial charge in [0.05, 0.1) is 11.1 Å². The van der Waals surface area contributed by atoms with Crippen molar-refractivity contribution >= 4 is 11.6 Å². The predicted molar refractivity (Wildman–Crippen MR) is 57.3 cm³/mol. The molecule has 0 spiro atoms. The zero-order chi connectivity index (χ0) is 10.8. The van der Waals surface area contributed by atoms with Crippen LogP contribution in [0.1, 0.15) is 18.4 Å². The first kappa shape index (κ1) is 10.9. The number of rotatable bonds is 3. The molecule has 1 aromatic rings. The normalized spacial score (nSPS) is 25.0. The largest absolute Gasteiger partial charge is 0.393 e. The van der Waals surface area contributed by atoms with Crippen LogP contribution in [0.25, 0.3) is 0 Å². The molecule has 0 radical (unpaired) electrons. The SMILES string of the molecule is OC1CC(NCc2ccc(F)c(Cl)c2)C1. The molecule has 0 unspecified atom stereocenters.